The fraction of sp³-hybridized carbons (Fsp3) is 0.526. The molecular formula is C19H26N6OS. The first kappa shape index (κ1) is 18.2. The molecule has 4 rings (SSSR count). The van der Waals surface area contributed by atoms with Gasteiger partial charge in [0.15, 0.2) is 0 Å². The zero-order valence-corrected chi connectivity index (χ0v) is 16.3. The molecule has 2 aromatic rings. The number of nitrogens with zero attached hydrogens (tertiary/aromatic N) is 5. The number of aromatic nitrogens is 2. The number of hydrogen-bond acceptors (Lipinski definition) is 6. The van der Waals surface area contributed by atoms with Gasteiger partial charge in [-0.1, -0.05) is 6.07 Å². The Labute approximate surface area is 164 Å². The van der Waals surface area contributed by atoms with Gasteiger partial charge in [0.2, 0.25) is 5.95 Å². The molecule has 2 amide bonds. The van der Waals surface area contributed by atoms with Crippen molar-refractivity contribution in [2.75, 3.05) is 50.7 Å². The molecule has 0 bridgehead atoms. The maximum Gasteiger partial charge on any atom is 0.317 e. The molecule has 7 nitrogen and oxygen atoms in total. The lowest BCUT2D eigenvalue weighted by Crippen LogP contribution is -2.53. The zero-order valence-electron chi connectivity index (χ0n) is 15.5. The van der Waals surface area contributed by atoms with Crippen molar-refractivity contribution in [2.45, 2.75) is 18.9 Å². The topological polar surface area (TPSA) is 64.6 Å². The van der Waals surface area contributed by atoms with Crippen LogP contribution >= 0.6 is 11.3 Å². The first-order valence-electron chi connectivity index (χ1n) is 9.63. The van der Waals surface area contributed by atoms with Crippen molar-refractivity contribution >= 4 is 23.3 Å². The third-order valence-corrected chi connectivity index (χ3v) is 6.28. The molecule has 0 saturated carbocycles. The second kappa shape index (κ2) is 8.67. The van der Waals surface area contributed by atoms with Gasteiger partial charge in [0.05, 0.1) is 6.04 Å². The molecular weight excluding hydrogens is 360 g/mol. The van der Waals surface area contributed by atoms with Gasteiger partial charge in [0.1, 0.15) is 0 Å². The summed E-state index contributed by atoms with van der Waals surface area (Å²) in [6.45, 7) is 5.81. The number of carbonyl (C=O) groups excluding carboxylic acids is 1. The lowest BCUT2D eigenvalue weighted by molar-refractivity contribution is 0.185. The number of hydrogen-bond donors (Lipinski definition) is 1. The van der Waals surface area contributed by atoms with Gasteiger partial charge < -0.3 is 15.1 Å². The Balaban J connectivity index is 1.30. The average molecular weight is 387 g/mol. The lowest BCUT2D eigenvalue weighted by atomic mass is 10.2. The van der Waals surface area contributed by atoms with Crippen LogP contribution in [0.1, 0.15) is 23.8 Å². The predicted octanol–water partition coefficient (Wildman–Crippen LogP) is 2.21. The van der Waals surface area contributed by atoms with Crippen molar-refractivity contribution in [1.29, 1.82) is 0 Å². The molecule has 144 valence electrons. The largest absolute Gasteiger partial charge is 0.337 e. The summed E-state index contributed by atoms with van der Waals surface area (Å²) in [5, 5.41) is 5.29. The number of likely N-dealkylation sites (tertiary alicyclic amines) is 1. The quantitative estimate of drug-likeness (QED) is 0.854. The van der Waals surface area contributed by atoms with E-state index in [4.69, 9.17) is 0 Å². The summed E-state index contributed by atoms with van der Waals surface area (Å²) in [6, 6.07) is 6.41. The number of amides is 2. The molecule has 1 N–H and O–H groups in total. The second-order valence-corrected chi connectivity index (χ2v) is 7.96. The van der Waals surface area contributed by atoms with E-state index in [0.29, 0.717) is 19.6 Å². The van der Waals surface area contributed by atoms with Crippen LogP contribution in [0.25, 0.3) is 0 Å². The van der Waals surface area contributed by atoms with Gasteiger partial charge >= 0.3 is 6.03 Å². The molecule has 2 fully saturated rings. The molecule has 0 spiro atoms. The van der Waals surface area contributed by atoms with Gasteiger partial charge in [-0.3, -0.25) is 4.90 Å². The van der Waals surface area contributed by atoms with Gasteiger partial charge in [0, 0.05) is 50.0 Å². The smallest absolute Gasteiger partial charge is 0.317 e. The minimum absolute atomic E-state index is 0.0318. The Bertz CT molecular complexity index is 711. The highest BCUT2D eigenvalue weighted by Gasteiger charge is 2.27. The molecule has 2 aliphatic heterocycles. The standard InChI is InChI=1S/C19H26N6OS/c26-19(25-12-10-24(11-13-25)18-20-6-4-7-21-18)22-15-16(17-5-3-14-27-17)23-8-1-2-9-23/h3-7,14,16H,1-2,8-13,15H2,(H,22,26). The Morgan fingerprint density at radius 1 is 1.07 bits per heavy atom. The van der Waals surface area contributed by atoms with E-state index in [2.05, 4.69) is 42.6 Å². The van der Waals surface area contributed by atoms with E-state index < -0.39 is 0 Å². The molecule has 2 aromatic heterocycles. The maximum absolute atomic E-state index is 12.7. The summed E-state index contributed by atoms with van der Waals surface area (Å²) in [5.41, 5.74) is 0. The molecule has 1 atom stereocenters. The predicted molar refractivity (Wildman–Crippen MR) is 107 cm³/mol. The van der Waals surface area contributed by atoms with Gasteiger partial charge in [-0.05, 0) is 43.4 Å². The monoisotopic (exact) mass is 386 g/mol. The molecule has 0 aromatic carbocycles. The third-order valence-electron chi connectivity index (χ3n) is 5.30. The van der Waals surface area contributed by atoms with E-state index in [1.165, 1.54) is 17.7 Å². The van der Waals surface area contributed by atoms with E-state index >= 15 is 0 Å². The molecule has 4 heterocycles. The summed E-state index contributed by atoms with van der Waals surface area (Å²) in [4.78, 5) is 29.1. The average Bonchev–Trinajstić information content (AvgIpc) is 3.44. The molecule has 8 heteroatoms. The van der Waals surface area contributed by atoms with Crippen LogP contribution in [0.15, 0.2) is 36.0 Å². The first-order valence-corrected chi connectivity index (χ1v) is 10.5. The minimum atomic E-state index is 0.0318. The van der Waals surface area contributed by atoms with Crippen molar-refractivity contribution < 1.29 is 4.79 Å². The van der Waals surface area contributed by atoms with Crippen LogP contribution in [0, 0.1) is 0 Å². The van der Waals surface area contributed by atoms with Crippen molar-refractivity contribution in [3.8, 4) is 0 Å². The summed E-state index contributed by atoms with van der Waals surface area (Å²) >= 11 is 1.78. The molecule has 2 aliphatic rings. The normalized spacial score (nSPS) is 19.3. The van der Waals surface area contributed by atoms with Crippen molar-refractivity contribution in [3.63, 3.8) is 0 Å². The van der Waals surface area contributed by atoms with Crippen molar-refractivity contribution in [3.05, 3.63) is 40.8 Å². The highest BCUT2D eigenvalue weighted by atomic mass is 32.1. The number of rotatable bonds is 5. The van der Waals surface area contributed by atoms with Crippen molar-refractivity contribution in [1.82, 2.24) is 25.1 Å². The van der Waals surface area contributed by atoms with E-state index in [-0.39, 0.29) is 12.1 Å². The number of carbonyl (C=O) groups is 1. The molecule has 0 radical (unpaired) electrons. The van der Waals surface area contributed by atoms with E-state index in [0.717, 1.165) is 32.1 Å². The Morgan fingerprint density at radius 2 is 1.81 bits per heavy atom. The van der Waals surface area contributed by atoms with Crippen LogP contribution in [0.4, 0.5) is 10.7 Å². The highest BCUT2D eigenvalue weighted by molar-refractivity contribution is 7.10. The fourth-order valence-corrected chi connectivity index (χ4v) is 4.66. The SMILES string of the molecule is O=C(NCC(c1cccs1)N1CCCC1)N1CCN(c2ncccn2)CC1. The third kappa shape index (κ3) is 4.39. The summed E-state index contributed by atoms with van der Waals surface area (Å²) in [5.74, 6) is 0.740. The van der Waals surface area contributed by atoms with Gasteiger partial charge in [-0.15, -0.1) is 11.3 Å². The summed E-state index contributed by atoms with van der Waals surface area (Å²) < 4.78 is 0. The highest BCUT2D eigenvalue weighted by Crippen LogP contribution is 2.27. The van der Waals surface area contributed by atoms with Crippen LogP contribution in [-0.2, 0) is 0 Å². The summed E-state index contributed by atoms with van der Waals surface area (Å²) in [6.07, 6.45) is 6.01. The van der Waals surface area contributed by atoms with Gasteiger partial charge in [0.25, 0.3) is 0 Å². The van der Waals surface area contributed by atoms with Crippen molar-refractivity contribution in [2.24, 2.45) is 0 Å². The number of urea groups is 1. The minimum Gasteiger partial charge on any atom is -0.337 e. The van der Waals surface area contributed by atoms with Crippen LogP contribution in [0.5, 0.6) is 0 Å². The van der Waals surface area contributed by atoms with Gasteiger partial charge in [-0.25, -0.2) is 14.8 Å². The van der Waals surface area contributed by atoms with E-state index in [1.54, 1.807) is 23.7 Å². The first-order chi connectivity index (χ1) is 13.3. The summed E-state index contributed by atoms with van der Waals surface area (Å²) in [7, 11) is 0. The Morgan fingerprint density at radius 3 is 2.48 bits per heavy atom. The van der Waals surface area contributed by atoms with Gasteiger partial charge in [-0.2, -0.15) is 0 Å². The van der Waals surface area contributed by atoms with Crippen LogP contribution in [0.3, 0.4) is 0 Å². The molecule has 1 unspecified atom stereocenters. The number of piperazine rings is 1. The van der Waals surface area contributed by atoms with Crippen LogP contribution < -0.4 is 10.2 Å². The Hall–Kier alpha value is -2.19. The molecule has 0 aliphatic carbocycles. The molecule has 2 saturated heterocycles. The van der Waals surface area contributed by atoms with Crippen LogP contribution in [-0.4, -0.2) is 71.6 Å². The number of thiophene rings is 1. The maximum atomic E-state index is 12.7. The fourth-order valence-electron chi connectivity index (χ4n) is 3.80. The van der Waals surface area contributed by atoms with Crippen LogP contribution in [0.2, 0.25) is 0 Å². The lowest BCUT2D eigenvalue weighted by Gasteiger charge is -2.35. The van der Waals surface area contributed by atoms with E-state index in [9.17, 15) is 4.79 Å². The second-order valence-electron chi connectivity index (χ2n) is 6.98. The zero-order chi connectivity index (χ0) is 18.5. The number of nitrogens with one attached hydrogen (secondary N) is 1. The number of anilines is 1. The Kier molecular flexibility index (Phi) is 5.84. The molecule has 27 heavy (non-hydrogen) atoms. The van der Waals surface area contributed by atoms with E-state index in [1.807, 2.05) is 11.0 Å².